The summed E-state index contributed by atoms with van der Waals surface area (Å²) in [6, 6.07) is 4.48. The van der Waals surface area contributed by atoms with E-state index in [9.17, 15) is 22.8 Å². The molecule has 0 aliphatic heterocycles. The maximum Gasteiger partial charge on any atom is 0.416 e. The second kappa shape index (κ2) is 9.63. The standard InChI is InChI=1S/C25H26F3N5O3/c1-4-24(8-9-24)17-7-6-15(10-18(17)25(26,27)28)32-23(35)33-19-13-30-22(31-14(19)3)16-12-29-21(34)11-20(16)36-5-2/h6-7,10-13H,4-5,8-9H2,1-3H3,(H,29,34)(H2,32,33,35). The van der Waals surface area contributed by atoms with Crippen LogP contribution in [0.2, 0.25) is 0 Å². The molecule has 3 aromatic rings. The number of nitrogens with one attached hydrogen (secondary N) is 3. The normalized spacial score (nSPS) is 14.3. The Morgan fingerprint density at radius 3 is 2.56 bits per heavy atom. The molecule has 1 aliphatic rings. The first-order valence-corrected chi connectivity index (χ1v) is 11.6. The van der Waals surface area contributed by atoms with Crippen molar-refractivity contribution in [1.82, 2.24) is 15.0 Å². The van der Waals surface area contributed by atoms with Crippen LogP contribution in [-0.2, 0) is 11.6 Å². The quantitative estimate of drug-likeness (QED) is 0.388. The fourth-order valence-electron chi connectivity index (χ4n) is 4.19. The smallest absolute Gasteiger partial charge is 0.416 e. The molecule has 1 aromatic carbocycles. The maximum atomic E-state index is 13.8. The summed E-state index contributed by atoms with van der Waals surface area (Å²) in [6.07, 6.45) is 0.356. The molecule has 0 radical (unpaired) electrons. The number of alkyl halides is 3. The van der Waals surface area contributed by atoms with E-state index in [1.165, 1.54) is 30.6 Å². The van der Waals surface area contributed by atoms with E-state index in [0.717, 1.165) is 18.9 Å². The van der Waals surface area contributed by atoms with E-state index in [1.54, 1.807) is 13.8 Å². The molecule has 1 saturated carbocycles. The average Bonchev–Trinajstić information content (AvgIpc) is 3.61. The highest BCUT2D eigenvalue weighted by molar-refractivity contribution is 6.00. The third-order valence-corrected chi connectivity index (χ3v) is 6.34. The lowest BCUT2D eigenvalue weighted by molar-refractivity contribution is -0.138. The summed E-state index contributed by atoms with van der Waals surface area (Å²) in [7, 11) is 0. The molecule has 1 fully saturated rings. The van der Waals surface area contributed by atoms with Crippen LogP contribution in [0.15, 0.2) is 41.5 Å². The lowest BCUT2D eigenvalue weighted by atomic mass is 9.88. The summed E-state index contributed by atoms with van der Waals surface area (Å²) in [5.41, 5.74) is -0.0431. The molecule has 3 N–H and O–H groups in total. The number of urea groups is 1. The average molecular weight is 502 g/mol. The number of benzene rings is 1. The second-order valence-corrected chi connectivity index (χ2v) is 8.67. The van der Waals surface area contributed by atoms with Crippen LogP contribution in [0.25, 0.3) is 11.4 Å². The van der Waals surface area contributed by atoms with E-state index in [-0.39, 0.29) is 28.3 Å². The van der Waals surface area contributed by atoms with Crippen molar-refractivity contribution < 1.29 is 22.7 Å². The van der Waals surface area contributed by atoms with Gasteiger partial charge in [0.2, 0.25) is 0 Å². The third-order valence-electron chi connectivity index (χ3n) is 6.34. The second-order valence-electron chi connectivity index (χ2n) is 8.67. The van der Waals surface area contributed by atoms with Crippen LogP contribution in [0.3, 0.4) is 0 Å². The number of nitrogens with zero attached hydrogens (tertiary/aromatic N) is 2. The van der Waals surface area contributed by atoms with Gasteiger partial charge in [-0.1, -0.05) is 13.0 Å². The molecule has 8 nitrogen and oxygen atoms in total. The minimum absolute atomic E-state index is 0.0280. The molecule has 0 spiro atoms. The number of ether oxygens (including phenoxy) is 1. The largest absolute Gasteiger partial charge is 0.493 e. The Labute approximate surface area is 205 Å². The number of H-pyrrole nitrogens is 1. The molecule has 0 bridgehead atoms. The number of carbonyl (C=O) groups excluding carboxylic acids is 1. The molecule has 2 amide bonds. The number of hydrogen-bond donors (Lipinski definition) is 3. The topological polar surface area (TPSA) is 109 Å². The Morgan fingerprint density at radius 1 is 1.19 bits per heavy atom. The highest BCUT2D eigenvalue weighted by atomic mass is 19.4. The molecule has 2 aromatic heterocycles. The van der Waals surface area contributed by atoms with Crippen molar-refractivity contribution in [3.8, 4) is 17.1 Å². The fraction of sp³-hybridized carbons (Fsp3) is 0.360. The summed E-state index contributed by atoms with van der Waals surface area (Å²) in [5.74, 6) is 0.590. The predicted molar refractivity (Wildman–Crippen MR) is 129 cm³/mol. The van der Waals surface area contributed by atoms with E-state index < -0.39 is 23.2 Å². The monoisotopic (exact) mass is 501 g/mol. The highest BCUT2D eigenvalue weighted by Gasteiger charge is 2.48. The molecule has 36 heavy (non-hydrogen) atoms. The van der Waals surface area contributed by atoms with Crippen molar-refractivity contribution in [1.29, 1.82) is 0 Å². The van der Waals surface area contributed by atoms with Crippen molar-refractivity contribution in [2.45, 2.75) is 51.6 Å². The van der Waals surface area contributed by atoms with Gasteiger partial charge in [0.05, 0.1) is 35.3 Å². The molecule has 11 heteroatoms. The van der Waals surface area contributed by atoms with E-state index >= 15 is 0 Å². The molecular weight excluding hydrogens is 475 g/mol. The van der Waals surface area contributed by atoms with Crippen molar-refractivity contribution in [2.24, 2.45) is 0 Å². The van der Waals surface area contributed by atoms with Crippen LogP contribution in [-0.4, -0.2) is 27.6 Å². The Hall–Kier alpha value is -3.89. The van der Waals surface area contributed by atoms with Crippen molar-refractivity contribution >= 4 is 17.4 Å². The molecule has 0 unspecified atom stereocenters. The number of pyridine rings is 1. The van der Waals surface area contributed by atoms with Crippen LogP contribution in [0.5, 0.6) is 5.75 Å². The van der Waals surface area contributed by atoms with Gasteiger partial charge < -0.3 is 20.4 Å². The van der Waals surface area contributed by atoms with Gasteiger partial charge in [-0.3, -0.25) is 4.79 Å². The fourth-order valence-corrected chi connectivity index (χ4v) is 4.19. The zero-order chi connectivity index (χ0) is 26.1. The number of aromatic nitrogens is 3. The van der Waals surface area contributed by atoms with Gasteiger partial charge in [-0.05, 0) is 56.2 Å². The lowest BCUT2D eigenvalue weighted by Gasteiger charge is -2.21. The molecule has 0 atom stereocenters. The summed E-state index contributed by atoms with van der Waals surface area (Å²) < 4.78 is 46.8. The molecule has 190 valence electrons. The number of rotatable bonds is 7. The van der Waals surface area contributed by atoms with Crippen LogP contribution in [0.4, 0.5) is 29.3 Å². The van der Waals surface area contributed by atoms with Gasteiger partial charge in [-0.2, -0.15) is 13.2 Å². The summed E-state index contributed by atoms with van der Waals surface area (Å²) >= 11 is 0. The molecule has 0 saturated heterocycles. The Kier molecular flexibility index (Phi) is 6.75. The summed E-state index contributed by atoms with van der Waals surface area (Å²) in [5, 5.41) is 5.03. The van der Waals surface area contributed by atoms with E-state index in [2.05, 4.69) is 25.6 Å². The molecule has 1 aliphatic carbocycles. The Morgan fingerprint density at radius 2 is 1.94 bits per heavy atom. The van der Waals surface area contributed by atoms with Crippen molar-refractivity contribution in [2.75, 3.05) is 17.2 Å². The third kappa shape index (κ3) is 5.19. The van der Waals surface area contributed by atoms with Crippen LogP contribution < -0.4 is 20.9 Å². The van der Waals surface area contributed by atoms with Crippen LogP contribution in [0.1, 0.15) is 49.9 Å². The number of anilines is 2. The van der Waals surface area contributed by atoms with Crippen LogP contribution in [0, 0.1) is 6.92 Å². The molecular formula is C25H26F3N5O3. The summed E-state index contributed by atoms with van der Waals surface area (Å²) in [6.45, 7) is 5.65. The maximum absolute atomic E-state index is 13.8. The zero-order valence-electron chi connectivity index (χ0n) is 20.0. The first kappa shape index (κ1) is 25.2. The number of carbonyl (C=O) groups is 1. The van der Waals surface area contributed by atoms with Gasteiger partial charge in [0.25, 0.3) is 5.56 Å². The van der Waals surface area contributed by atoms with Gasteiger partial charge >= 0.3 is 12.2 Å². The Balaban J connectivity index is 1.52. The number of aromatic amines is 1. The van der Waals surface area contributed by atoms with E-state index in [4.69, 9.17) is 4.74 Å². The van der Waals surface area contributed by atoms with Gasteiger partial charge in [0.15, 0.2) is 5.82 Å². The van der Waals surface area contributed by atoms with Gasteiger partial charge in [0, 0.05) is 18.0 Å². The number of hydrogen-bond acceptors (Lipinski definition) is 5. The van der Waals surface area contributed by atoms with Crippen LogP contribution >= 0.6 is 0 Å². The van der Waals surface area contributed by atoms with Crippen molar-refractivity contribution in [3.63, 3.8) is 0 Å². The molecule has 4 rings (SSSR count). The molecule has 2 heterocycles. The Bertz CT molecular complexity index is 1350. The van der Waals surface area contributed by atoms with E-state index in [0.29, 0.717) is 30.0 Å². The van der Waals surface area contributed by atoms with Gasteiger partial charge in [-0.25, -0.2) is 14.8 Å². The minimum atomic E-state index is -4.53. The van der Waals surface area contributed by atoms with Gasteiger partial charge in [-0.15, -0.1) is 0 Å². The van der Waals surface area contributed by atoms with E-state index in [1.807, 2.05) is 6.92 Å². The first-order chi connectivity index (χ1) is 17.1. The predicted octanol–water partition coefficient (Wildman–Crippen LogP) is 5.64. The minimum Gasteiger partial charge on any atom is -0.493 e. The highest BCUT2D eigenvalue weighted by Crippen LogP contribution is 2.54. The number of halogens is 3. The first-order valence-electron chi connectivity index (χ1n) is 11.6. The number of aryl methyl sites for hydroxylation is 1. The zero-order valence-corrected chi connectivity index (χ0v) is 20.0. The summed E-state index contributed by atoms with van der Waals surface area (Å²) in [4.78, 5) is 35.3. The number of amides is 2. The van der Waals surface area contributed by atoms with Crippen molar-refractivity contribution in [3.05, 3.63) is 63.8 Å². The lowest BCUT2D eigenvalue weighted by Crippen LogP contribution is -2.22. The SMILES string of the molecule is CCOc1cc(=O)[nH]cc1-c1ncc(NC(=O)Nc2ccc(C3(CC)CC3)c(C(F)(F)F)c2)c(C)n1. The van der Waals surface area contributed by atoms with Gasteiger partial charge in [0.1, 0.15) is 5.75 Å².